The zero-order chi connectivity index (χ0) is 17.4. The van der Waals surface area contributed by atoms with Crippen molar-refractivity contribution in [2.24, 2.45) is 4.99 Å². The third-order valence-electron chi connectivity index (χ3n) is 4.41. The largest absolute Gasteiger partial charge is 0.381 e. The molecule has 1 fully saturated rings. The summed E-state index contributed by atoms with van der Waals surface area (Å²) in [5.74, 6) is 0.905. The predicted octanol–water partition coefficient (Wildman–Crippen LogP) is 2.77. The number of nitrogens with one attached hydrogen (secondary N) is 2. The van der Waals surface area contributed by atoms with E-state index in [4.69, 9.17) is 9.73 Å². The van der Waals surface area contributed by atoms with Crippen LogP contribution in [0.15, 0.2) is 4.99 Å². The lowest BCUT2D eigenvalue weighted by Gasteiger charge is -2.34. The molecule has 0 unspecified atom stereocenters. The van der Waals surface area contributed by atoms with Crippen LogP contribution in [0.5, 0.6) is 0 Å². The summed E-state index contributed by atoms with van der Waals surface area (Å²) in [5, 5.41) is 7.98. The molecular formula is C17H30N4OS2. The van der Waals surface area contributed by atoms with Crippen LogP contribution < -0.4 is 10.6 Å². The molecular weight excluding hydrogens is 340 g/mol. The predicted molar refractivity (Wildman–Crippen MR) is 106 cm³/mol. The lowest BCUT2D eigenvalue weighted by Crippen LogP contribution is -2.41. The van der Waals surface area contributed by atoms with Gasteiger partial charge in [0.2, 0.25) is 0 Å². The summed E-state index contributed by atoms with van der Waals surface area (Å²) in [4.78, 5) is 10.7. The quantitative estimate of drug-likeness (QED) is 0.571. The molecule has 2 heterocycles. The van der Waals surface area contributed by atoms with E-state index in [1.807, 2.05) is 11.8 Å². The van der Waals surface area contributed by atoms with Crippen molar-refractivity contribution in [1.82, 2.24) is 15.6 Å². The molecule has 136 valence electrons. The van der Waals surface area contributed by atoms with Crippen LogP contribution in [0.25, 0.3) is 0 Å². The average Bonchev–Trinajstić information content (AvgIpc) is 2.91. The fourth-order valence-electron chi connectivity index (χ4n) is 2.67. The maximum Gasteiger partial charge on any atom is 0.191 e. The Balaban J connectivity index is 1.87. The van der Waals surface area contributed by atoms with Crippen molar-refractivity contribution in [3.8, 4) is 0 Å². The van der Waals surface area contributed by atoms with Crippen LogP contribution in [0, 0.1) is 13.8 Å². The van der Waals surface area contributed by atoms with Gasteiger partial charge in [-0.15, -0.1) is 11.3 Å². The third kappa shape index (κ3) is 5.63. The monoisotopic (exact) mass is 370 g/mol. The van der Waals surface area contributed by atoms with Gasteiger partial charge in [-0.2, -0.15) is 11.8 Å². The maximum absolute atomic E-state index is 5.51. The molecule has 1 aromatic rings. The first kappa shape index (κ1) is 19.5. The number of hydrogen-bond donors (Lipinski definition) is 2. The molecule has 1 aromatic heterocycles. The van der Waals surface area contributed by atoms with Crippen molar-refractivity contribution in [1.29, 1.82) is 0 Å². The molecule has 1 aliphatic heterocycles. The second-order valence-electron chi connectivity index (χ2n) is 6.12. The van der Waals surface area contributed by atoms with Crippen LogP contribution >= 0.6 is 23.1 Å². The minimum atomic E-state index is 0.226. The van der Waals surface area contributed by atoms with Gasteiger partial charge in [0.1, 0.15) is 0 Å². The lowest BCUT2D eigenvalue weighted by atomic mass is 9.99. The number of aliphatic imine (C=N–C) groups is 1. The van der Waals surface area contributed by atoms with E-state index in [-0.39, 0.29) is 4.75 Å². The standard InChI is InChI=1S/C17H30N4OS2/c1-5-18-16(19-9-6-15-21-13(2)14(3)24-15)20-12-17(23-4)7-10-22-11-8-17/h5-12H2,1-4H3,(H2,18,19,20). The second kappa shape index (κ2) is 9.63. The molecule has 0 saturated carbocycles. The molecule has 0 spiro atoms. The van der Waals surface area contributed by atoms with Crippen molar-refractivity contribution >= 4 is 29.1 Å². The van der Waals surface area contributed by atoms with Crippen LogP contribution in [0.3, 0.4) is 0 Å². The van der Waals surface area contributed by atoms with E-state index in [0.29, 0.717) is 0 Å². The van der Waals surface area contributed by atoms with Gasteiger partial charge in [-0.25, -0.2) is 4.98 Å². The first-order valence-corrected chi connectivity index (χ1v) is 10.7. The highest BCUT2D eigenvalue weighted by molar-refractivity contribution is 8.00. The van der Waals surface area contributed by atoms with Crippen LogP contribution in [0.1, 0.15) is 35.3 Å². The van der Waals surface area contributed by atoms with Crippen LogP contribution in [-0.4, -0.2) is 54.8 Å². The van der Waals surface area contributed by atoms with E-state index in [1.54, 1.807) is 11.3 Å². The molecule has 0 amide bonds. The number of thiazole rings is 1. The number of aromatic nitrogens is 1. The molecule has 2 N–H and O–H groups in total. The maximum atomic E-state index is 5.51. The third-order valence-corrected chi connectivity index (χ3v) is 6.95. The molecule has 2 rings (SSSR count). The van der Waals surface area contributed by atoms with Gasteiger partial charge in [-0.05, 0) is 39.9 Å². The van der Waals surface area contributed by atoms with Crippen molar-refractivity contribution in [3.05, 3.63) is 15.6 Å². The summed E-state index contributed by atoms with van der Waals surface area (Å²) in [7, 11) is 0. The topological polar surface area (TPSA) is 58.5 Å². The summed E-state index contributed by atoms with van der Waals surface area (Å²) in [6.07, 6.45) is 5.28. The molecule has 1 aliphatic rings. The van der Waals surface area contributed by atoms with Gasteiger partial charge in [0.05, 0.1) is 17.2 Å². The Morgan fingerprint density at radius 2 is 2.08 bits per heavy atom. The van der Waals surface area contributed by atoms with Gasteiger partial charge in [-0.1, -0.05) is 0 Å². The van der Waals surface area contributed by atoms with Gasteiger partial charge in [0.25, 0.3) is 0 Å². The first-order chi connectivity index (χ1) is 11.6. The summed E-state index contributed by atoms with van der Waals surface area (Å²) in [6, 6.07) is 0. The fourth-order valence-corrected chi connectivity index (χ4v) is 4.37. The van der Waals surface area contributed by atoms with Crippen LogP contribution in [0.4, 0.5) is 0 Å². The minimum Gasteiger partial charge on any atom is -0.381 e. The van der Waals surface area contributed by atoms with Gasteiger partial charge >= 0.3 is 0 Å². The molecule has 1 saturated heterocycles. The number of ether oxygens (including phenoxy) is 1. The fraction of sp³-hybridized carbons (Fsp3) is 0.765. The SMILES string of the molecule is CCNC(=NCC1(SC)CCOCC1)NCCc1nc(C)c(C)s1. The van der Waals surface area contributed by atoms with Crippen molar-refractivity contribution in [2.75, 3.05) is 39.1 Å². The van der Waals surface area contributed by atoms with Gasteiger partial charge in [-0.3, -0.25) is 4.99 Å². The number of thioether (sulfide) groups is 1. The van der Waals surface area contributed by atoms with E-state index < -0.39 is 0 Å². The highest BCUT2D eigenvalue weighted by Gasteiger charge is 2.31. The Morgan fingerprint density at radius 1 is 1.33 bits per heavy atom. The second-order valence-corrected chi connectivity index (χ2v) is 8.68. The normalized spacial score (nSPS) is 17.8. The van der Waals surface area contributed by atoms with Crippen LogP contribution in [-0.2, 0) is 11.2 Å². The Morgan fingerprint density at radius 3 is 2.67 bits per heavy atom. The smallest absolute Gasteiger partial charge is 0.191 e. The Hall–Kier alpha value is -0.790. The number of aryl methyl sites for hydroxylation is 2. The average molecular weight is 371 g/mol. The summed E-state index contributed by atoms with van der Waals surface area (Å²) in [5.41, 5.74) is 1.15. The van der Waals surface area contributed by atoms with E-state index in [0.717, 1.165) is 63.8 Å². The molecule has 0 radical (unpaired) electrons. The number of nitrogens with zero attached hydrogens (tertiary/aromatic N) is 2. The molecule has 0 bridgehead atoms. The molecule has 0 aliphatic carbocycles. The number of rotatable bonds is 7. The molecule has 7 heteroatoms. The van der Waals surface area contributed by atoms with Gasteiger partial charge in [0, 0.05) is 42.3 Å². The summed E-state index contributed by atoms with van der Waals surface area (Å²) < 4.78 is 5.73. The molecule has 0 atom stereocenters. The van der Waals surface area contributed by atoms with Crippen molar-refractivity contribution < 1.29 is 4.74 Å². The highest BCUT2D eigenvalue weighted by Crippen LogP contribution is 2.33. The van der Waals surface area contributed by atoms with E-state index >= 15 is 0 Å². The summed E-state index contributed by atoms with van der Waals surface area (Å²) in [6.45, 7) is 10.6. The summed E-state index contributed by atoms with van der Waals surface area (Å²) >= 11 is 3.72. The Bertz CT molecular complexity index is 519. The Kier molecular flexibility index (Phi) is 7.84. The van der Waals surface area contributed by atoms with E-state index in [2.05, 4.69) is 42.6 Å². The number of guanidine groups is 1. The van der Waals surface area contributed by atoms with E-state index in [1.165, 1.54) is 9.88 Å². The van der Waals surface area contributed by atoms with Crippen molar-refractivity contribution in [3.63, 3.8) is 0 Å². The zero-order valence-corrected chi connectivity index (χ0v) is 16.9. The van der Waals surface area contributed by atoms with Gasteiger partial charge < -0.3 is 15.4 Å². The highest BCUT2D eigenvalue weighted by atomic mass is 32.2. The number of hydrogen-bond acceptors (Lipinski definition) is 5. The molecule has 0 aromatic carbocycles. The van der Waals surface area contributed by atoms with Crippen molar-refractivity contribution in [2.45, 2.75) is 44.8 Å². The first-order valence-electron chi connectivity index (χ1n) is 8.66. The van der Waals surface area contributed by atoms with Gasteiger partial charge in [0.15, 0.2) is 5.96 Å². The molecule has 24 heavy (non-hydrogen) atoms. The van der Waals surface area contributed by atoms with E-state index in [9.17, 15) is 0 Å². The molecule has 5 nitrogen and oxygen atoms in total. The Labute approximate surface area is 154 Å². The minimum absolute atomic E-state index is 0.226. The van der Waals surface area contributed by atoms with Crippen LogP contribution in [0.2, 0.25) is 0 Å². The lowest BCUT2D eigenvalue weighted by molar-refractivity contribution is 0.0794. The zero-order valence-electron chi connectivity index (χ0n) is 15.3.